The Morgan fingerprint density at radius 1 is 1.83 bits per heavy atom. The number of thiazole rings is 1. The van der Waals surface area contributed by atoms with Gasteiger partial charge in [0.2, 0.25) is 0 Å². The summed E-state index contributed by atoms with van der Waals surface area (Å²) in [5.41, 5.74) is 5.76. The maximum atomic E-state index is 10.9. The number of rotatable bonds is 2. The molecule has 0 unspecified atom stereocenters. The smallest absolute Gasteiger partial charge is 0.270 e. The van der Waals surface area contributed by atoms with Gasteiger partial charge in [0.25, 0.3) is 5.91 Å². The summed E-state index contributed by atoms with van der Waals surface area (Å²) in [4.78, 5) is 14.9. The number of hydrogen-bond acceptors (Lipinski definition) is 4. The highest BCUT2D eigenvalue weighted by atomic mass is 35.5. The van der Waals surface area contributed by atoms with E-state index in [0.29, 0.717) is 12.2 Å². The third-order valence-corrected chi connectivity index (χ3v) is 2.06. The summed E-state index contributed by atoms with van der Waals surface area (Å²) in [7, 11) is 1.57. The van der Waals surface area contributed by atoms with Crippen LogP contribution in [0.4, 0.5) is 0 Å². The number of hydrogen-bond donors (Lipinski definition) is 2. The number of halogens is 1. The minimum absolute atomic E-state index is 0. The van der Waals surface area contributed by atoms with Crippen molar-refractivity contribution in [2.24, 2.45) is 5.73 Å². The molecule has 0 aromatic carbocycles. The average Bonchev–Trinajstić information content (AvgIpc) is 2.50. The van der Waals surface area contributed by atoms with E-state index in [0.717, 1.165) is 5.01 Å². The second kappa shape index (κ2) is 5.08. The van der Waals surface area contributed by atoms with Crippen molar-refractivity contribution < 1.29 is 4.79 Å². The van der Waals surface area contributed by atoms with E-state index in [1.54, 1.807) is 12.4 Å². The molecule has 0 radical (unpaired) electrons. The third-order valence-electron chi connectivity index (χ3n) is 1.19. The summed E-state index contributed by atoms with van der Waals surface area (Å²) in [5, 5.41) is 4.96. The zero-order chi connectivity index (χ0) is 8.27. The average molecular weight is 208 g/mol. The van der Waals surface area contributed by atoms with E-state index in [1.807, 2.05) is 0 Å². The highest BCUT2D eigenvalue weighted by molar-refractivity contribution is 7.09. The van der Waals surface area contributed by atoms with Crippen LogP contribution in [-0.4, -0.2) is 17.9 Å². The van der Waals surface area contributed by atoms with E-state index in [4.69, 9.17) is 5.73 Å². The molecule has 1 heterocycles. The molecule has 4 nitrogen and oxygen atoms in total. The van der Waals surface area contributed by atoms with Gasteiger partial charge in [-0.05, 0) is 0 Å². The lowest BCUT2D eigenvalue weighted by atomic mass is 10.5. The molecule has 0 fully saturated rings. The van der Waals surface area contributed by atoms with Crippen LogP contribution in [0.15, 0.2) is 5.38 Å². The Hall–Kier alpha value is -0.650. The maximum Gasteiger partial charge on any atom is 0.270 e. The molecule has 6 heteroatoms. The number of carbonyl (C=O) groups is 1. The van der Waals surface area contributed by atoms with E-state index in [-0.39, 0.29) is 18.3 Å². The second-order valence-electron chi connectivity index (χ2n) is 1.91. The number of carbonyl (C=O) groups excluding carboxylic acids is 1. The topological polar surface area (TPSA) is 68.0 Å². The summed E-state index contributed by atoms with van der Waals surface area (Å²) in [6.45, 7) is 0.391. The largest absolute Gasteiger partial charge is 0.354 e. The van der Waals surface area contributed by atoms with Crippen LogP contribution in [0.2, 0.25) is 0 Å². The lowest BCUT2D eigenvalue weighted by molar-refractivity contribution is 0.0958. The summed E-state index contributed by atoms with van der Waals surface area (Å²) in [6.07, 6.45) is 0. The maximum absolute atomic E-state index is 10.9. The zero-order valence-electron chi connectivity index (χ0n) is 6.53. The fourth-order valence-corrected chi connectivity index (χ4v) is 1.29. The molecule has 1 aromatic heterocycles. The zero-order valence-corrected chi connectivity index (χ0v) is 8.17. The molecule has 1 rings (SSSR count). The SMILES string of the molecule is CNC(=O)c1csc(CN)n1.Cl. The molecule has 3 N–H and O–H groups in total. The van der Waals surface area contributed by atoms with E-state index in [2.05, 4.69) is 10.3 Å². The van der Waals surface area contributed by atoms with Gasteiger partial charge in [0.1, 0.15) is 10.7 Å². The third kappa shape index (κ3) is 2.44. The summed E-state index contributed by atoms with van der Waals surface area (Å²) in [5.74, 6) is -0.166. The Morgan fingerprint density at radius 3 is 2.92 bits per heavy atom. The Kier molecular flexibility index (Phi) is 4.80. The van der Waals surface area contributed by atoms with Crippen LogP contribution in [0.25, 0.3) is 0 Å². The molecule has 0 atom stereocenters. The Labute approximate surface area is 80.6 Å². The summed E-state index contributed by atoms with van der Waals surface area (Å²) < 4.78 is 0. The van der Waals surface area contributed by atoms with E-state index in [9.17, 15) is 4.79 Å². The first-order valence-electron chi connectivity index (χ1n) is 3.14. The number of nitrogens with one attached hydrogen (secondary N) is 1. The van der Waals surface area contributed by atoms with Gasteiger partial charge < -0.3 is 11.1 Å². The van der Waals surface area contributed by atoms with Gasteiger partial charge in [-0.25, -0.2) is 4.98 Å². The van der Waals surface area contributed by atoms with Crippen LogP contribution in [-0.2, 0) is 6.54 Å². The van der Waals surface area contributed by atoms with Gasteiger partial charge >= 0.3 is 0 Å². The van der Waals surface area contributed by atoms with Gasteiger partial charge in [-0.2, -0.15) is 0 Å². The minimum Gasteiger partial charge on any atom is -0.354 e. The van der Waals surface area contributed by atoms with Crippen molar-refractivity contribution >= 4 is 29.7 Å². The molecular formula is C6H10ClN3OS. The predicted octanol–water partition coefficient (Wildman–Crippen LogP) is 0.383. The molecule has 1 aromatic rings. The van der Waals surface area contributed by atoms with E-state index >= 15 is 0 Å². The van der Waals surface area contributed by atoms with E-state index < -0.39 is 0 Å². The number of aromatic nitrogens is 1. The van der Waals surface area contributed by atoms with Gasteiger partial charge in [-0.1, -0.05) is 0 Å². The van der Waals surface area contributed by atoms with Gasteiger partial charge in [0.15, 0.2) is 0 Å². The van der Waals surface area contributed by atoms with E-state index in [1.165, 1.54) is 11.3 Å². The number of amides is 1. The van der Waals surface area contributed by atoms with Crippen molar-refractivity contribution in [2.45, 2.75) is 6.54 Å². The van der Waals surface area contributed by atoms with Crippen molar-refractivity contribution in [1.29, 1.82) is 0 Å². The van der Waals surface area contributed by atoms with Crippen LogP contribution in [0.5, 0.6) is 0 Å². The first kappa shape index (κ1) is 11.4. The van der Waals surface area contributed by atoms with Crippen LogP contribution >= 0.6 is 23.7 Å². The number of nitrogens with zero attached hydrogens (tertiary/aromatic N) is 1. The molecular weight excluding hydrogens is 198 g/mol. The van der Waals surface area contributed by atoms with Crippen LogP contribution in [0.3, 0.4) is 0 Å². The highest BCUT2D eigenvalue weighted by Crippen LogP contribution is 2.07. The minimum atomic E-state index is -0.166. The monoisotopic (exact) mass is 207 g/mol. The van der Waals surface area contributed by atoms with Crippen molar-refractivity contribution in [3.8, 4) is 0 Å². The summed E-state index contributed by atoms with van der Waals surface area (Å²) >= 11 is 1.40. The Morgan fingerprint density at radius 2 is 2.50 bits per heavy atom. The van der Waals surface area contributed by atoms with Gasteiger partial charge in [-0.3, -0.25) is 4.79 Å². The van der Waals surface area contributed by atoms with Crippen LogP contribution < -0.4 is 11.1 Å². The van der Waals surface area contributed by atoms with Crippen molar-refractivity contribution in [1.82, 2.24) is 10.3 Å². The molecule has 0 saturated heterocycles. The first-order valence-corrected chi connectivity index (χ1v) is 4.02. The quantitative estimate of drug-likeness (QED) is 0.737. The lowest BCUT2D eigenvalue weighted by Gasteiger charge is -1.90. The summed E-state index contributed by atoms with van der Waals surface area (Å²) in [6, 6.07) is 0. The normalized spacial score (nSPS) is 8.83. The van der Waals surface area contributed by atoms with Gasteiger partial charge in [0.05, 0.1) is 0 Å². The molecule has 0 aliphatic rings. The first-order chi connectivity index (χ1) is 5.27. The fourth-order valence-electron chi connectivity index (χ4n) is 0.637. The Balaban J connectivity index is 0.00000121. The molecule has 68 valence electrons. The van der Waals surface area contributed by atoms with Crippen molar-refractivity contribution in [3.05, 3.63) is 16.1 Å². The van der Waals surface area contributed by atoms with Gasteiger partial charge in [-0.15, -0.1) is 23.7 Å². The highest BCUT2D eigenvalue weighted by Gasteiger charge is 2.06. The second-order valence-corrected chi connectivity index (χ2v) is 2.85. The lowest BCUT2D eigenvalue weighted by Crippen LogP contribution is -2.18. The predicted molar refractivity (Wildman–Crippen MR) is 50.6 cm³/mol. The molecule has 0 bridgehead atoms. The fraction of sp³-hybridized carbons (Fsp3) is 0.333. The van der Waals surface area contributed by atoms with Crippen LogP contribution in [0.1, 0.15) is 15.5 Å². The number of nitrogens with two attached hydrogens (primary N) is 1. The van der Waals surface area contributed by atoms with Gasteiger partial charge in [0, 0.05) is 19.0 Å². The molecule has 0 aliphatic heterocycles. The molecule has 12 heavy (non-hydrogen) atoms. The van der Waals surface area contributed by atoms with Crippen molar-refractivity contribution in [3.63, 3.8) is 0 Å². The van der Waals surface area contributed by atoms with Crippen molar-refractivity contribution in [2.75, 3.05) is 7.05 Å². The van der Waals surface area contributed by atoms with Crippen LogP contribution in [0, 0.1) is 0 Å². The molecule has 1 amide bonds. The molecule has 0 saturated carbocycles. The Bertz CT molecular complexity index is 263. The molecule has 0 spiro atoms. The molecule has 0 aliphatic carbocycles. The standard InChI is InChI=1S/C6H9N3OS.ClH/c1-8-6(10)4-3-11-5(2-7)9-4;/h3H,2,7H2,1H3,(H,8,10);1H.